The molecule has 0 radical (unpaired) electrons. The molecule has 0 aliphatic rings. The van der Waals surface area contributed by atoms with Gasteiger partial charge in [0.25, 0.3) is 0 Å². The fourth-order valence-corrected chi connectivity index (χ4v) is 2.50. The van der Waals surface area contributed by atoms with Gasteiger partial charge in [-0.25, -0.2) is 4.39 Å². The lowest BCUT2D eigenvalue weighted by Gasteiger charge is -2.23. The van der Waals surface area contributed by atoms with Gasteiger partial charge in [0.1, 0.15) is 5.82 Å². The molecule has 0 aliphatic carbocycles. The molecule has 2 aromatic carbocycles. The quantitative estimate of drug-likeness (QED) is 0.849. The van der Waals surface area contributed by atoms with Crippen LogP contribution in [-0.4, -0.2) is 6.54 Å². The summed E-state index contributed by atoms with van der Waals surface area (Å²) in [5, 5.41) is 3.37. The summed E-state index contributed by atoms with van der Waals surface area (Å²) in [6.07, 6.45) is 0. The summed E-state index contributed by atoms with van der Waals surface area (Å²) in [4.78, 5) is 0. The highest BCUT2D eigenvalue weighted by molar-refractivity contribution is 5.35. The molecule has 0 spiro atoms. The van der Waals surface area contributed by atoms with Gasteiger partial charge in [-0.15, -0.1) is 0 Å². The number of rotatable bonds is 4. The lowest BCUT2D eigenvalue weighted by atomic mass is 9.85. The molecule has 0 saturated carbocycles. The van der Waals surface area contributed by atoms with Crippen molar-refractivity contribution in [2.24, 2.45) is 0 Å². The van der Waals surface area contributed by atoms with E-state index in [2.05, 4.69) is 50.4 Å². The summed E-state index contributed by atoms with van der Waals surface area (Å²) in [6, 6.07) is 15.3. The second kappa shape index (κ2) is 6.40. The second-order valence-electron chi connectivity index (χ2n) is 6.38. The molecule has 112 valence electrons. The molecule has 0 heterocycles. The average Bonchev–Trinajstić information content (AvgIpc) is 2.45. The van der Waals surface area contributed by atoms with Crippen LogP contribution < -0.4 is 5.32 Å². The van der Waals surface area contributed by atoms with Crippen LogP contribution in [0.4, 0.5) is 4.39 Å². The van der Waals surface area contributed by atoms with E-state index in [1.807, 2.05) is 19.1 Å². The van der Waals surface area contributed by atoms with E-state index >= 15 is 0 Å². The zero-order valence-electron chi connectivity index (χ0n) is 13.3. The molecule has 1 nitrogen and oxygen atoms in total. The smallest absolute Gasteiger partial charge is 0.128 e. The van der Waals surface area contributed by atoms with Crippen LogP contribution in [0.3, 0.4) is 0 Å². The number of nitrogens with one attached hydrogen (secondary N) is 1. The van der Waals surface area contributed by atoms with Crippen molar-refractivity contribution in [2.75, 3.05) is 6.54 Å². The number of benzene rings is 2. The number of hydrogen-bond acceptors (Lipinski definition) is 1. The first-order chi connectivity index (χ1) is 9.93. The summed E-state index contributed by atoms with van der Waals surface area (Å²) in [5.74, 6) is -0.164. The summed E-state index contributed by atoms with van der Waals surface area (Å²) < 4.78 is 14.1. The minimum Gasteiger partial charge on any atom is -0.306 e. The Labute approximate surface area is 127 Å². The molecule has 2 rings (SSSR count). The highest BCUT2D eigenvalue weighted by Gasteiger charge is 2.18. The fraction of sp³-hybridized carbons (Fsp3) is 0.368. The standard InChI is InChI=1S/C19H24FN/c1-5-21-18(16-8-6-7-9-17(16)20)14-10-12-15(13-11-14)19(2,3)4/h6-13,18,21H,5H2,1-4H3. The van der Waals surface area contributed by atoms with Crippen molar-refractivity contribution in [3.63, 3.8) is 0 Å². The van der Waals surface area contributed by atoms with E-state index in [1.165, 1.54) is 11.6 Å². The van der Waals surface area contributed by atoms with Crippen molar-refractivity contribution in [3.05, 3.63) is 71.0 Å². The summed E-state index contributed by atoms with van der Waals surface area (Å²) >= 11 is 0. The van der Waals surface area contributed by atoms with E-state index in [1.54, 1.807) is 6.07 Å². The van der Waals surface area contributed by atoms with Crippen LogP contribution in [-0.2, 0) is 5.41 Å². The summed E-state index contributed by atoms with van der Waals surface area (Å²) in [6.45, 7) is 9.42. The first-order valence-electron chi connectivity index (χ1n) is 7.51. The second-order valence-corrected chi connectivity index (χ2v) is 6.38. The molecule has 0 amide bonds. The van der Waals surface area contributed by atoms with E-state index in [0.717, 1.165) is 12.1 Å². The molecule has 2 heteroatoms. The maximum Gasteiger partial charge on any atom is 0.128 e. The predicted octanol–water partition coefficient (Wildman–Crippen LogP) is 4.82. The molecule has 0 aliphatic heterocycles. The first-order valence-corrected chi connectivity index (χ1v) is 7.51. The lowest BCUT2D eigenvalue weighted by molar-refractivity contribution is 0.557. The molecular weight excluding hydrogens is 261 g/mol. The van der Waals surface area contributed by atoms with E-state index in [-0.39, 0.29) is 17.3 Å². The van der Waals surface area contributed by atoms with Crippen LogP contribution in [0, 0.1) is 5.82 Å². The third-order valence-corrected chi connectivity index (χ3v) is 3.73. The molecule has 0 aromatic heterocycles. The van der Waals surface area contributed by atoms with Gasteiger partial charge in [0.15, 0.2) is 0 Å². The Hall–Kier alpha value is -1.67. The first kappa shape index (κ1) is 15.7. The van der Waals surface area contributed by atoms with Crippen molar-refractivity contribution in [1.82, 2.24) is 5.32 Å². The topological polar surface area (TPSA) is 12.0 Å². The van der Waals surface area contributed by atoms with Crippen molar-refractivity contribution in [2.45, 2.75) is 39.2 Å². The molecule has 1 atom stereocenters. The van der Waals surface area contributed by atoms with Gasteiger partial charge in [-0.1, -0.05) is 70.2 Å². The molecular formula is C19H24FN. The van der Waals surface area contributed by atoms with Gasteiger partial charge in [0, 0.05) is 5.56 Å². The van der Waals surface area contributed by atoms with Gasteiger partial charge in [0.05, 0.1) is 6.04 Å². The molecule has 2 aromatic rings. The van der Waals surface area contributed by atoms with Gasteiger partial charge < -0.3 is 5.32 Å². The Kier molecular flexibility index (Phi) is 4.79. The number of halogens is 1. The third-order valence-electron chi connectivity index (χ3n) is 3.73. The maximum atomic E-state index is 14.1. The van der Waals surface area contributed by atoms with Crippen LogP contribution in [0.1, 0.15) is 50.4 Å². The molecule has 0 fully saturated rings. The zero-order chi connectivity index (χ0) is 15.5. The van der Waals surface area contributed by atoms with E-state index in [4.69, 9.17) is 0 Å². The Morgan fingerprint density at radius 1 is 1.00 bits per heavy atom. The zero-order valence-corrected chi connectivity index (χ0v) is 13.3. The molecule has 21 heavy (non-hydrogen) atoms. The molecule has 0 saturated heterocycles. The van der Waals surface area contributed by atoms with Crippen molar-refractivity contribution in [3.8, 4) is 0 Å². The summed E-state index contributed by atoms with van der Waals surface area (Å²) in [7, 11) is 0. The van der Waals surface area contributed by atoms with Gasteiger partial charge in [-0.3, -0.25) is 0 Å². The Bertz CT molecular complexity index is 581. The van der Waals surface area contributed by atoms with E-state index in [9.17, 15) is 4.39 Å². The Morgan fingerprint density at radius 2 is 1.62 bits per heavy atom. The van der Waals surface area contributed by atoms with Crippen LogP contribution in [0.2, 0.25) is 0 Å². The Morgan fingerprint density at radius 3 is 2.14 bits per heavy atom. The number of hydrogen-bond donors (Lipinski definition) is 1. The van der Waals surface area contributed by atoms with Gasteiger partial charge in [-0.05, 0) is 29.2 Å². The monoisotopic (exact) mass is 285 g/mol. The molecule has 1 unspecified atom stereocenters. The molecule has 0 bridgehead atoms. The van der Waals surface area contributed by atoms with Crippen LogP contribution in [0.25, 0.3) is 0 Å². The summed E-state index contributed by atoms with van der Waals surface area (Å²) in [5.41, 5.74) is 3.21. The maximum absolute atomic E-state index is 14.1. The van der Waals surface area contributed by atoms with E-state index in [0.29, 0.717) is 5.56 Å². The highest BCUT2D eigenvalue weighted by Crippen LogP contribution is 2.27. The predicted molar refractivity (Wildman–Crippen MR) is 87.1 cm³/mol. The van der Waals surface area contributed by atoms with Crippen molar-refractivity contribution < 1.29 is 4.39 Å². The minimum absolute atomic E-state index is 0.106. The third kappa shape index (κ3) is 3.70. The molecule has 1 N–H and O–H groups in total. The van der Waals surface area contributed by atoms with Crippen molar-refractivity contribution >= 4 is 0 Å². The SMILES string of the molecule is CCNC(c1ccc(C(C)(C)C)cc1)c1ccccc1F. The van der Waals surface area contributed by atoms with E-state index < -0.39 is 0 Å². The normalized spacial score (nSPS) is 13.2. The van der Waals surface area contributed by atoms with Crippen LogP contribution in [0.5, 0.6) is 0 Å². The Balaban J connectivity index is 2.37. The van der Waals surface area contributed by atoms with Gasteiger partial charge in [-0.2, -0.15) is 0 Å². The minimum atomic E-state index is -0.164. The van der Waals surface area contributed by atoms with Crippen molar-refractivity contribution in [1.29, 1.82) is 0 Å². The lowest BCUT2D eigenvalue weighted by Crippen LogP contribution is -2.23. The fourth-order valence-electron chi connectivity index (χ4n) is 2.50. The highest BCUT2D eigenvalue weighted by atomic mass is 19.1. The average molecular weight is 285 g/mol. The largest absolute Gasteiger partial charge is 0.306 e. The van der Waals surface area contributed by atoms with Gasteiger partial charge in [0.2, 0.25) is 0 Å². The van der Waals surface area contributed by atoms with Crippen LogP contribution >= 0.6 is 0 Å². The van der Waals surface area contributed by atoms with Crippen LogP contribution in [0.15, 0.2) is 48.5 Å². The van der Waals surface area contributed by atoms with Gasteiger partial charge >= 0.3 is 0 Å².